The lowest BCUT2D eigenvalue weighted by Gasteiger charge is -1.86. The molecule has 1 N–H and O–H groups in total. The van der Waals surface area contributed by atoms with E-state index in [0.717, 1.165) is 22.3 Å². The van der Waals surface area contributed by atoms with E-state index in [4.69, 9.17) is 9.83 Å². The van der Waals surface area contributed by atoms with Crippen LogP contribution in [0.1, 0.15) is 11.3 Å². The third-order valence-corrected chi connectivity index (χ3v) is 1.96. The van der Waals surface area contributed by atoms with E-state index in [2.05, 4.69) is 0 Å². The van der Waals surface area contributed by atoms with Crippen LogP contribution >= 0.6 is 0 Å². The second-order valence-electron chi connectivity index (χ2n) is 2.71. The van der Waals surface area contributed by atoms with Crippen molar-refractivity contribution in [3.05, 3.63) is 35.6 Å². The SMILES string of the molecule is Cc1oc2ccccc2c1C=N. The Labute approximate surface area is 70.3 Å². The van der Waals surface area contributed by atoms with Crippen molar-refractivity contribution in [3.8, 4) is 0 Å². The van der Waals surface area contributed by atoms with Crippen molar-refractivity contribution in [1.29, 1.82) is 5.41 Å². The fourth-order valence-electron chi connectivity index (χ4n) is 1.37. The molecule has 2 aromatic rings. The fraction of sp³-hybridized carbons (Fsp3) is 0.100. The molecule has 0 aliphatic rings. The van der Waals surface area contributed by atoms with Gasteiger partial charge in [-0.3, -0.25) is 0 Å². The summed E-state index contributed by atoms with van der Waals surface area (Å²) >= 11 is 0. The van der Waals surface area contributed by atoms with Gasteiger partial charge in [-0.25, -0.2) is 0 Å². The van der Waals surface area contributed by atoms with Crippen LogP contribution in [-0.4, -0.2) is 6.21 Å². The van der Waals surface area contributed by atoms with E-state index >= 15 is 0 Å². The second kappa shape index (κ2) is 2.48. The molecule has 60 valence electrons. The molecular weight excluding hydrogens is 150 g/mol. The van der Waals surface area contributed by atoms with Crippen LogP contribution in [-0.2, 0) is 0 Å². The van der Waals surface area contributed by atoms with Gasteiger partial charge in [-0.15, -0.1) is 0 Å². The summed E-state index contributed by atoms with van der Waals surface area (Å²) in [6.45, 7) is 1.88. The summed E-state index contributed by atoms with van der Waals surface area (Å²) in [4.78, 5) is 0. The molecule has 1 aromatic heterocycles. The first kappa shape index (κ1) is 7.10. The zero-order valence-corrected chi connectivity index (χ0v) is 6.79. The van der Waals surface area contributed by atoms with Crippen LogP contribution in [0.2, 0.25) is 0 Å². The molecule has 0 saturated heterocycles. The normalized spacial score (nSPS) is 10.4. The number of hydrogen-bond acceptors (Lipinski definition) is 2. The molecule has 0 amide bonds. The van der Waals surface area contributed by atoms with Gasteiger partial charge < -0.3 is 9.83 Å². The van der Waals surface area contributed by atoms with E-state index < -0.39 is 0 Å². The third kappa shape index (κ3) is 0.848. The number of fused-ring (bicyclic) bond motifs is 1. The van der Waals surface area contributed by atoms with Gasteiger partial charge in [0.2, 0.25) is 0 Å². The van der Waals surface area contributed by atoms with E-state index in [0.29, 0.717) is 0 Å². The Bertz CT molecular complexity index is 428. The molecule has 2 rings (SSSR count). The zero-order chi connectivity index (χ0) is 8.55. The Morgan fingerprint density at radius 2 is 2.08 bits per heavy atom. The molecule has 0 spiro atoms. The van der Waals surface area contributed by atoms with E-state index in [1.165, 1.54) is 6.21 Å². The highest BCUT2D eigenvalue weighted by molar-refractivity contribution is 5.98. The third-order valence-electron chi connectivity index (χ3n) is 1.96. The molecule has 2 heteroatoms. The standard InChI is InChI=1S/C10H9NO/c1-7-9(6-11)8-4-2-3-5-10(8)12-7/h2-6,11H,1H3. The van der Waals surface area contributed by atoms with Crippen molar-refractivity contribution < 1.29 is 4.42 Å². The summed E-state index contributed by atoms with van der Waals surface area (Å²) in [5.74, 6) is 0.811. The van der Waals surface area contributed by atoms with Crippen LogP contribution in [0.4, 0.5) is 0 Å². The lowest BCUT2D eigenvalue weighted by atomic mass is 10.1. The molecule has 2 nitrogen and oxygen atoms in total. The molecule has 0 unspecified atom stereocenters. The van der Waals surface area contributed by atoms with Crippen LogP contribution in [0.3, 0.4) is 0 Å². The van der Waals surface area contributed by atoms with Crippen molar-refractivity contribution in [1.82, 2.24) is 0 Å². The summed E-state index contributed by atoms with van der Waals surface area (Å²) in [5, 5.41) is 8.22. The molecule has 0 atom stereocenters. The maximum atomic E-state index is 7.20. The second-order valence-corrected chi connectivity index (χ2v) is 2.71. The number of rotatable bonds is 1. The first-order valence-corrected chi connectivity index (χ1v) is 3.81. The quantitative estimate of drug-likeness (QED) is 0.638. The highest BCUT2D eigenvalue weighted by Gasteiger charge is 2.06. The Kier molecular flexibility index (Phi) is 1.47. The number of nitrogens with one attached hydrogen (secondary N) is 1. The van der Waals surface area contributed by atoms with Gasteiger partial charge in [0.15, 0.2) is 0 Å². The summed E-state index contributed by atoms with van der Waals surface area (Å²) in [5.41, 5.74) is 1.74. The first-order valence-electron chi connectivity index (χ1n) is 3.81. The average Bonchev–Trinajstić information content (AvgIpc) is 2.40. The minimum absolute atomic E-state index is 0.811. The number of aryl methyl sites for hydroxylation is 1. The molecule has 1 heterocycles. The number of para-hydroxylation sites is 1. The number of furan rings is 1. The minimum atomic E-state index is 0.811. The monoisotopic (exact) mass is 159 g/mol. The minimum Gasteiger partial charge on any atom is -0.461 e. The van der Waals surface area contributed by atoms with Gasteiger partial charge in [0.05, 0.1) is 0 Å². The molecule has 0 saturated carbocycles. The van der Waals surface area contributed by atoms with Gasteiger partial charge in [-0.2, -0.15) is 0 Å². The lowest BCUT2D eigenvalue weighted by Crippen LogP contribution is -1.77. The van der Waals surface area contributed by atoms with Gasteiger partial charge in [-0.1, -0.05) is 18.2 Å². The highest BCUT2D eigenvalue weighted by Crippen LogP contribution is 2.22. The Hall–Kier alpha value is -1.57. The lowest BCUT2D eigenvalue weighted by molar-refractivity contribution is 0.578. The largest absolute Gasteiger partial charge is 0.461 e. The molecule has 0 aliphatic heterocycles. The van der Waals surface area contributed by atoms with Crippen molar-refractivity contribution >= 4 is 17.2 Å². The summed E-state index contributed by atoms with van der Waals surface area (Å²) in [6, 6.07) is 7.75. The maximum absolute atomic E-state index is 7.20. The Morgan fingerprint density at radius 1 is 1.33 bits per heavy atom. The predicted molar refractivity (Wildman–Crippen MR) is 48.8 cm³/mol. The van der Waals surface area contributed by atoms with Crippen LogP contribution in [0.5, 0.6) is 0 Å². The smallest absolute Gasteiger partial charge is 0.134 e. The van der Waals surface area contributed by atoms with Crippen LogP contribution in [0, 0.1) is 12.3 Å². The Morgan fingerprint density at radius 3 is 2.83 bits per heavy atom. The molecule has 12 heavy (non-hydrogen) atoms. The summed E-state index contributed by atoms with van der Waals surface area (Å²) in [7, 11) is 0. The summed E-state index contributed by atoms with van der Waals surface area (Å²) < 4.78 is 5.44. The van der Waals surface area contributed by atoms with E-state index in [1.54, 1.807) is 0 Å². The molecule has 1 aromatic carbocycles. The number of hydrogen-bond donors (Lipinski definition) is 1. The van der Waals surface area contributed by atoms with Gasteiger partial charge in [0.25, 0.3) is 0 Å². The fourth-order valence-corrected chi connectivity index (χ4v) is 1.37. The zero-order valence-electron chi connectivity index (χ0n) is 6.79. The van der Waals surface area contributed by atoms with Crippen molar-refractivity contribution in [3.63, 3.8) is 0 Å². The maximum Gasteiger partial charge on any atom is 0.134 e. The van der Waals surface area contributed by atoms with Gasteiger partial charge >= 0.3 is 0 Å². The number of benzene rings is 1. The van der Waals surface area contributed by atoms with Gasteiger partial charge in [-0.05, 0) is 13.0 Å². The molecule has 0 fully saturated rings. The summed E-state index contributed by atoms with van der Waals surface area (Å²) in [6.07, 6.45) is 1.33. The average molecular weight is 159 g/mol. The van der Waals surface area contributed by atoms with Gasteiger partial charge in [0.1, 0.15) is 11.3 Å². The van der Waals surface area contributed by atoms with Crippen molar-refractivity contribution in [2.45, 2.75) is 6.92 Å². The first-order chi connectivity index (χ1) is 5.83. The van der Waals surface area contributed by atoms with E-state index in [1.807, 2.05) is 31.2 Å². The van der Waals surface area contributed by atoms with Gasteiger partial charge in [0, 0.05) is 17.2 Å². The molecular formula is C10H9NO. The molecule has 0 radical (unpaired) electrons. The molecule has 0 aliphatic carbocycles. The Balaban J connectivity index is 2.90. The van der Waals surface area contributed by atoms with Crippen molar-refractivity contribution in [2.24, 2.45) is 0 Å². The van der Waals surface area contributed by atoms with E-state index in [-0.39, 0.29) is 0 Å². The molecule has 0 bridgehead atoms. The van der Waals surface area contributed by atoms with E-state index in [9.17, 15) is 0 Å². The van der Waals surface area contributed by atoms with Crippen LogP contribution < -0.4 is 0 Å². The van der Waals surface area contributed by atoms with Crippen molar-refractivity contribution in [2.75, 3.05) is 0 Å². The predicted octanol–water partition coefficient (Wildman–Crippen LogP) is 2.74. The van der Waals surface area contributed by atoms with Crippen LogP contribution in [0.15, 0.2) is 28.7 Å². The highest BCUT2D eigenvalue weighted by atomic mass is 16.3. The van der Waals surface area contributed by atoms with Crippen LogP contribution in [0.25, 0.3) is 11.0 Å². The topological polar surface area (TPSA) is 37.0 Å².